The lowest BCUT2D eigenvalue weighted by atomic mass is 9.97. The average molecular weight is 611 g/mol. The van der Waals surface area contributed by atoms with E-state index in [1.807, 2.05) is 121 Å². The van der Waals surface area contributed by atoms with Crippen LogP contribution >= 0.6 is 12.2 Å². The molecule has 5 atom stereocenters. The fourth-order valence-corrected chi connectivity index (χ4v) is 5.24. The van der Waals surface area contributed by atoms with Gasteiger partial charge < -0.3 is 28.4 Å². The van der Waals surface area contributed by atoms with E-state index in [4.69, 9.17) is 40.6 Å². The van der Waals surface area contributed by atoms with Crippen molar-refractivity contribution in [3.63, 3.8) is 0 Å². The monoisotopic (exact) mass is 610 g/mol. The van der Waals surface area contributed by atoms with E-state index in [0.29, 0.717) is 24.9 Å². The minimum Gasteiger partial charge on any atom is -0.471 e. The average Bonchev–Trinajstić information content (AvgIpc) is 3.08. The Bertz CT molecular complexity index is 1400. The standard InChI is InChI=1S/C37H38O6S/c1-2-23-39-36-35(43-37(44)31-21-13-6-14-22-31)34(41-26-30-19-11-5-12-20-30)33(40-25-29-17-9-4-10-18-29)32(42-36)27-38-24-28-15-7-3-8-16-28/h2-22,32-36H,1,23-27H2/t32-,33-,34+,35+,36+/m1/s1. The van der Waals surface area contributed by atoms with Gasteiger partial charge in [0.25, 0.3) is 0 Å². The van der Waals surface area contributed by atoms with Crippen molar-refractivity contribution in [2.75, 3.05) is 13.2 Å². The fraction of sp³-hybridized carbons (Fsp3) is 0.270. The third kappa shape index (κ3) is 9.16. The Morgan fingerprint density at radius 2 is 1.14 bits per heavy atom. The highest BCUT2D eigenvalue weighted by atomic mass is 32.1. The first-order chi connectivity index (χ1) is 21.7. The first kappa shape index (κ1) is 31.7. The Kier molecular flexibility index (Phi) is 12.2. The number of hydrogen-bond acceptors (Lipinski definition) is 7. The minimum absolute atomic E-state index is 0.251. The summed E-state index contributed by atoms with van der Waals surface area (Å²) in [6.45, 7) is 5.44. The quantitative estimate of drug-likeness (QED) is 0.106. The van der Waals surface area contributed by atoms with Gasteiger partial charge in [0, 0.05) is 5.56 Å². The molecule has 0 N–H and O–H groups in total. The third-order valence-corrected chi connectivity index (χ3v) is 7.52. The summed E-state index contributed by atoms with van der Waals surface area (Å²) in [5.41, 5.74) is 3.89. The summed E-state index contributed by atoms with van der Waals surface area (Å²) in [5.74, 6) is 0. The van der Waals surface area contributed by atoms with Gasteiger partial charge in [-0.2, -0.15) is 0 Å². The molecule has 5 rings (SSSR count). The van der Waals surface area contributed by atoms with Crippen LogP contribution in [0, 0.1) is 0 Å². The van der Waals surface area contributed by atoms with Crippen LogP contribution in [0.4, 0.5) is 0 Å². The van der Waals surface area contributed by atoms with E-state index in [1.54, 1.807) is 6.08 Å². The molecule has 0 unspecified atom stereocenters. The lowest BCUT2D eigenvalue weighted by molar-refractivity contribution is -0.313. The molecule has 0 amide bonds. The molecular formula is C37H38O6S. The number of ether oxygens (including phenoxy) is 6. The molecule has 4 aromatic rings. The molecule has 7 heteroatoms. The van der Waals surface area contributed by atoms with Gasteiger partial charge in [-0.15, -0.1) is 6.58 Å². The third-order valence-electron chi connectivity index (χ3n) is 7.19. The van der Waals surface area contributed by atoms with Crippen molar-refractivity contribution in [3.05, 3.63) is 156 Å². The molecule has 1 aliphatic rings. The summed E-state index contributed by atoms with van der Waals surface area (Å²) in [6, 6.07) is 39.6. The van der Waals surface area contributed by atoms with Crippen LogP contribution in [-0.2, 0) is 48.2 Å². The van der Waals surface area contributed by atoms with E-state index in [-0.39, 0.29) is 13.2 Å². The predicted octanol–water partition coefficient (Wildman–Crippen LogP) is 7.06. The molecule has 6 nitrogen and oxygen atoms in total. The second-order valence-electron chi connectivity index (χ2n) is 10.4. The number of benzene rings is 4. The maximum absolute atomic E-state index is 6.67. The van der Waals surface area contributed by atoms with Crippen LogP contribution < -0.4 is 0 Å². The van der Waals surface area contributed by atoms with Gasteiger partial charge in [-0.25, -0.2) is 0 Å². The van der Waals surface area contributed by atoms with E-state index in [1.165, 1.54) is 0 Å². The molecule has 228 valence electrons. The van der Waals surface area contributed by atoms with E-state index < -0.39 is 30.7 Å². The van der Waals surface area contributed by atoms with Crippen LogP contribution in [0.2, 0.25) is 0 Å². The van der Waals surface area contributed by atoms with Crippen molar-refractivity contribution in [2.24, 2.45) is 0 Å². The van der Waals surface area contributed by atoms with Gasteiger partial charge in [-0.1, -0.05) is 127 Å². The molecule has 0 bridgehead atoms. The lowest BCUT2D eigenvalue weighted by Gasteiger charge is -2.45. The normalized spacial score (nSPS) is 21.4. The molecule has 0 saturated carbocycles. The Balaban J connectivity index is 1.44. The summed E-state index contributed by atoms with van der Waals surface area (Å²) in [6.07, 6.45) is -1.59. The largest absolute Gasteiger partial charge is 0.471 e. The van der Waals surface area contributed by atoms with E-state index in [2.05, 4.69) is 6.58 Å². The molecule has 1 saturated heterocycles. The van der Waals surface area contributed by atoms with Crippen LogP contribution in [0.3, 0.4) is 0 Å². The Labute approximate surface area is 265 Å². The number of rotatable bonds is 15. The Hall–Kier alpha value is -3.69. The van der Waals surface area contributed by atoms with Crippen molar-refractivity contribution in [1.82, 2.24) is 0 Å². The highest BCUT2D eigenvalue weighted by molar-refractivity contribution is 7.80. The molecule has 1 aliphatic heterocycles. The molecule has 1 fully saturated rings. The van der Waals surface area contributed by atoms with Crippen LogP contribution in [0.15, 0.2) is 134 Å². The van der Waals surface area contributed by atoms with Crippen LogP contribution in [0.5, 0.6) is 0 Å². The molecular weight excluding hydrogens is 572 g/mol. The van der Waals surface area contributed by atoms with Gasteiger partial charge in [0.15, 0.2) is 17.4 Å². The lowest BCUT2D eigenvalue weighted by Crippen LogP contribution is -2.62. The maximum Gasteiger partial charge on any atom is 0.198 e. The summed E-state index contributed by atoms with van der Waals surface area (Å²) >= 11 is 5.76. The smallest absolute Gasteiger partial charge is 0.198 e. The van der Waals surface area contributed by atoms with Gasteiger partial charge in [-0.05, 0) is 28.9 Å². The van der Waals surface area contributed by atoms with E-state index >= 15 is 0 Å². The first-order valence-electron chi connectivity index (χ1n) is 14.8. The highest BCUT2D eigenvalue weighted by Crippen LogP contribution is 2.32. The summed E-state index contributed by atoms with van der Waals surface area (Å²) in [4.78, 5) is 0. The molecule has 0 aromatic heterocycles. The first-order valence-corrected chi connectivity index (χ1v) is 15.2. The molecule has 4 aromatic carbocycles. The molecule has 0 spiro atoms. The van der Waals surface area contributed by atoms with Crippen LogP contribution in [-0.4, -0.2) is 49.0 Å². The zero-order chi connectivity index (χ0) is 30.4. The van der Waals surface area contributed by atoms with Crippen molar-refractivity contribution in [1.29, 1.82) is 0 Å². The van der Waals surface area contributed by atoms with Gasteiger partial charge in [-0.3, -0.25) is 0 Å². The summed E-state index contributed by atoms with van der Waals surface area (Å²) in [5, 5.41) is 0.320. The fourth-order valence-electron chi connectivity index (χ4n) is 4.99. The van der Waals surface area contributed by atoms with Gasteiger partial charge in [0.2, 0.25) is 0 Å². The van der Waals surface area contributed by atoms with Gasteiger partial charge >= 0.3 is 0 Å². The zero-order valence-corrected chi connectivity index (χ0v) is 25.4. The van der Waals surface area contributed by atoms with E-state index in [9.17, 15) is 0 Å². The summed E-state index contributed by atoms with van der Waals surface area (Å²) < 4.78 is 38.7. The SMILES string of the molecule is C=CCO[C@H]1O[C@H](COCc2ccccc2)[C@@H](OCc2ccccc2)[C@H](OCc2ccccc2)[C@@H]1OC(=S)c1ccccc1. The van der Waals surface area contributed by atoms with Gasteiger partial charge in [0.1, 0.15) is 18.3 Å². The summed E-state index contributed by atoms with van der Waals surface area (Å²) in [7, 11) is 0. The number of thiocarbonyl (C=S) groups is 1. The van der Waals surface area contributed by atoms with E-state index in [0.717, 1.165) is 22.3 Å². The van der Waals surface area contributed by atoms with Crippen LogP contribution in [0.1, 0.15) is 22.3 Å². The minimum atomic E-state index is -0.822. The topological polar surface area (TPSA) is 55.4 Å². The molecule has 1 heterocycles. The van der Waals surface area contributed by atoms with Crippen LogP contribution in [0.25, 0.3) is 0 Å². The predicted molar refractivity (Wildman–Crippen MR) is 174 cm³/mol. The van der Waals surface area contributed by atoms with Crippen molar-refractivity contribution < 1.29 is 28.4 Å². The highest BCUT2D eigenvalue weighted by Gasteiger charge is 2.50. The Morgan fingerprint density at radius 3 is 1.68 bits per heavy atom. The number of hydrogen-bond donors (Lipinski definition) is 0. The zero-order valence-electron chi connectivity index (χ0n) is 24.6. The Morgan fingerprint density at radius 1 is 0.636 bits per heavy atom. The maximum atomic E-state index is 6.67. The molecule has 44 heavy (non-hydrogen) atoms. The van der Waals surface area contributed by atoms with Crippen molar-refractivity contribution >= 4 is 17.3 Å². The molecule has 0 aliphatic carbocycles. The second-order valence-corrected chi connectivity index (χ2v) is 10.8. The molecule has 0 radical (unpaired) electrons. The second kappa shape index (κ2) is 17.0. The van der Waals surface area contributed by atoms with Gasteiger partial charge in [0.05, 0.1) is 33.0 Å². The van der Waals surface area contributed by atoms with Crippen molar-refractivity contribution in [2.45, 2.75) is 50.5 Å². The van der Waals surface area contributed by atoms with Crippen molar-refractivity contribution in [3.8, 4) is 0 Å².